The molecule has 0 aromatic heterocycles. The molecule has 1 rings (SSSR count). The Kier molecular flexibility index (Phi) is 8.31. The van der Waals surface area contributed by atoms with E-state index in [1.54, 1.807) is 7.05 Å². The first-order valence-corrected chi connectivity index (χ1v) is 8.82. The summed E-state index contributed by atoms with van der Waals surface area (Å²) >= 11 is 0. The molecule has 1 atom stereocenters. The molecule has 8 nitrogen and oxygen atoms in total. The van der Waals surface area contributed by atoms with E-state index in [4.69, 9.17) is 0 Å². The van der Waals surface area contributed by atoms with Crippen LogP contribution in [0.1, 0.15) is 26.7 Å². The molecule has 0 aliphatic carbocycles. The number of amides is 3. The summed E-state index contributed by atoms with van der Waals surface area (Å²) < 4.78 is 0. The van der Waals surface area contributed by atoms with Gasteiger partial charge in [0.2, 0.25) is 17.7 Å². The third-order valence-corrected chi connectivity index (χ3v) is 4.86. The molecule has 3 N–H and O–H groups in total. The monoisotopic (exact) mass is 357 g/mol. The number of piperazine rings is 1. The van der Waals surface area contributed by atoms with Gasteiger partial charge in [0.15, 0.2) is 0 Å². The van der Waals surface area contributed by atoms with Gasteiger partial charge < -0.3 is 20.9 Å². The smallest absolute Gasteiger partial charge is 0.227 e. The highest BCUT2D eigenvalue weighted by molar-refractivity contribution is 5.83. The average Bonchev–Trinajstić information content (AvgIpc) is 2.56. The van der Waals surface area contributed by atoms with Crippen LogP contribution in [0.3, 0.4) is 0 Å². The third kappa shape index (κ3) is 6.62. The van der Waals surface area contributed by atoms with E-state index in [-0.39, 0.29) is 36.6 Å². The zero-order chi connectivity index (χ0) is 19.0. The first kappa shape index (κ1) is 21.4. The molecule has 1 aliphatic rings. The van der Waals surface area contributed by atoms with E-state index in [1.165, 1.54) is 0 Å². The molecule has 144 valence electrons. The maximum atomic E-state index is 12.6. The summed E-state index contributed by atoms with van der Waals surface area (Å²) in [6, 6.07) is 0.132. The quantitative estimate of drug-likeness (QED) is 0.383. The maximum Gasteiger partial charge on any atom is 0.227 e. The van der Waals surface area contributed by atoms with Crippen molar-refractivity contribution in [2.45, 2.75) is 32.7 Å². The first-order chi connectivity index (χ1) is 11.7. The van der Waals surface area contributed by atoms with Crippen LogP contribution in [0, 0.1) is 5.41 Å². The largest absolute Gasteiger partial charge is 0.359 e. The van der Waals surface area contributed by atoms with Gasteiger partial charge in [-0.1, -0.05) is 0 Å². The van der Waals surface area contributed by atoms with Gasteiger partial charge in [-0.3, -0.25) is 19.3 Å². The molecule has 1 unspecified atom stereocenters. The highest BCUT2D eigenvalue weighted by Crippen LogP contribution is 2.27. The molecular formula is C17H33N5O3. The van der Waals surface area contributed by atoms with Crippen molar-refractivity contribution in [1.82, 2.24) is 25.8 Å². The number of rotatable bonds is 8. The Labute approximate surface area is 150 Å². The second-order valence-electron chi connectivity index (χ2n) is 7.26. The highest BCUT2D eigenvalue weighted by atomic mass is 16.2. The maximum absolute atomic E-state index is 12.6. The lowest BCUT2D eigenvalue weighted by Gasteiger charge is -2.45. The fourth-order valence-corrected chi connectivity index (χ4v) is 2.99. The van der Waals surface area contributed by atoms with Crippen molar-refractivity contribution in [3.8, 4) is 0 Å². The molecule has 25 heavy (non-hydrogen) atoms. The molecule has 1 fully saturated rings. The molecular weight excluding hydrogens is 324 g/mol. The summed E-state index contributed by atoms with van der Waals surface area (Å²) in [4.78, 5) is 39.9. The lowest BCUT2D eigenvalue weighted by Crippen LogP contribution is -2.60. The standard InChI is InChI=1S/C17H33N5O3/c1-17(2,13-12-21(4)10-11-22(13)5)16(25)20-9-7-15(24)19-8-6-14(23)18-3/h13H,6-12H2,1-5H3,(H,18,23)(H,19,24)(H,20,25)/i3+1,18+1. The molecule has 0 aromatic rings. The Balaban J connectivity index is 2.37. The Hall–Kier alpha value is -1.67. The molecule has 0 bridgehead atoms. The lowest BCUT2D eigenvalue weighted by molar-refractivity contribution is -0.134. The van der Waals surface area contributed by atoms with E-state index in [0.717, 1.165) is 19.6 Å². The number of carbonyl (C=O) groups excluding carboxylic acids is 3. The van der Waals surface area contributed by atoms with Crippen LogP contribution in [-0.4, -0.2) is 87.4 Å². The van der Waals surface area contributed by atoms with Crippen LogP contribution < -0.4 is 16.0 Å². The second kappa shape index (κ2) is 9.72. The van der Waals surface area contributed by atoms with E-state index in [9.17, 15) is 14.4 Å². The fraction of sp³-hybridized carbons (Fsp3) is 0.824. The van der Waals surface area contributed by atoms with Crippen molar-refractivity contribution in [1.29, 1.82) is 0 Å². The van der Waals surface area contributed by atoms with Gasteiger partial charge >= 0.3 is 0 Å². The van der Waals surface area contributed by atoms with Crippen molar-refractivity contribution in [2.75, 3.05) is 53.9 Å². The SMILES string of the molecule is CN1CCN(C)C(C(C)(C)C(=O)NCCC(=O)NCCC(=O)[15NH][13CH3])C1. The van der Waals surface area contributed by atoms with Crippen LogP contribution in [-0.2, 0) is 14.4 Å². The molecule has 1 aliphatic heterocycles. The van der Waals surface area contributed by atoms with Crippen LogP contribution in [0.15, 0.2) is 0 Å². The number of hydrogen-bond donors (Lipinski definition) is 3. The minimum absolute atomic E-state index is 0.0437. The minimum Gasteiger partial charge on any atom is -0.359 e. The van der Waals surface area contributed by atoms with Crippen molar-refractivity contribution >= 4 is 17.7 Å². The van der Waals surface area contributed by atoms with Gasteiger partial charge in [0.05, 0.1) is 5.41 Å². The molecule has 1 saturated heterocycles. The van der Waals surface area contributed by atoms with Gasteiger partial charge in [0.25, 0.3) is 0 Å². The van der Waals surface area contributed by atoms with Crippen molar-refractivity contribution in [3.05, 3.63) is 0 Å². The summed E-state index contributed by atoms with van der Waals surface area (Å²) in [7, 11) is 5.67. The molecule has 3 amide bonds. The van der Waals surface area contributed by atoms with Crippen molar-refractivity contribution in [2.24, 2.45) is 5.41 Å². The third-order valence-electron chi connectivity index (χ3n) is 4.86. The number of carbonyl (C=O) groups is 3. The van der Waals surface area contributed by atoms with E-state index < -0.39 is 5.41 Å². The van der Waals surface area contributed by atoms with E-state index in [1.807, 2.05) is 20.9 Å². The van der Waals surface area contributed by atoms with Crippen LogP contribution >= 0.6 is 0 Å². The second-order valence-corrected chi connectivity index (χ2v) is 7.26. The summed E-state index contributed by atoms with van der Waals surface area (Å²) in [5, 5.41) is 8.04. The molecule has 8 heteroatoms. The zero-order valence-electron chi connectivity index (χ0n) is 16.1. The van der Waals surface area contributed by atoms with Crippen LogP contribution in [0.2, 0.25) is 0 Å². The number of nitrogens with one attached hydrogen (secondary N) is 3. The molecule has 0 spiro atoms. The van der Waals surface area contributed by atoms with Crippen molar-refractivity contribution in [3.63, 3.8) is 0 Å². The number of hydrogen-bond acceptors (Lipinski definition) is 5. The van der Waals surface area contributed by atoms with E-state index in [2.05, 4.69) is 32.8 Å². The van der Waals surface area contributed by atoms with E-state index in [0.29, 0.717) is 13.1 Å². The van der Waals surface area contributed by atoms with Gasteiger partial charge in [-0.15, -0.1) is 0 Å². The molecule has 1 heterocycles. The fourth-order valence-electron chi connectivity index (χ4n) is 2.99. The first-order valence-electron chi connectivity index (χ1n) is 8.82. The van der Waals surface area contributed by atoms with Gasteiger partial charge in [0, 0.05) is 58.7 Å². The number of nitrogens with zero attached hydrogens (tertiary/aromatic N) is 2. The molecule has 0 radical (unpaired) electrons. The molecule has 0 saturated carbocycles. The van der Waals surface area contributed by atoms with Crippen LogP contribution in [0.25, 0.3) is 0 Å². The summed E-state index contributed by atoms with van der Waals surface area (Å²) in [5.41, 5.74) is -0.543. The Morgan fingerprint density at radius 1 is 1.00 bits per heavy atom. The Morgan fingerprint density at radius 2 is 1.60 bits per heavy atom. The lowest BCUT2D eigenvalue weighted by atomic mass is 9.81. The predicted octanol–water partition coefficient (Wildman–Crippen LogP) is -0.983. The predicted molar refractivity (Wildman–Crippen MR) is 97.0 cm³/mol. The van der Waals surface area contributed by atoms with Gasteiger partial charge in [-0.2, -0.15) is 0 Å². The van der Waals surface area contributed by atoms with Gasteiger partial charge in [-0.05, 0) is 27.9 Å². The summed E-state index contributed by atoms with van der Waals surface area (Å²) in [6.45, 7) is 7.28. The molecule has 0 aromatic carbocycles. The highest BCUT2D eigenvalue weighted by Gasteiger charge is 2.41. The van der Waals surface area contributed by atoms with Gasteiger partial charge in [-0.25, -0.2) is 0 Å². The van der Waals surface area contributed by atoms with Crippen molar-refractivity contribution < 1.29 is 14.4 Å². The Bertz CT molecular complexity index is 481. The number of likely N-dealkylation sites (N-methyl/N-ethyl adjacent to an activating group) is 2. The van der Waals surface area contributed by atoms with Crippen LogP contribution in [0.4, 0.5) is 0 Å². The Morgan fingerprint density at radius 3 is 2.24 bits per heavy atom. The summed E-state index contributed by atoms with van der Waals surface area (Å²) in [5.74, 6) is -0.328. The normalized spacial score (nSPS) is 19.3. The zero-order valence-corrected chi connectivity index (χ0v) is 16.1. The minimum atomic E-state index is -0.543. The summed E-state index contributed by atoms with van der Waals surface area (Å²) in [6.07, 6.45) is 0.457. The average molecular weight is 357 g/mol. The van der Waals surface area contributed by atoms with Crippen LogP contribution in [0.5, 0.6) is 0 Å². The van der Waals surface area contributed by atoms with E-state index >= 15 is 0 Å². The topological polar surface area (TPSA) is 93.8 Å². The van der Waals surface area contributed by atoms with Gasteiger partial charge in [0.1, 0.15) is 0 Å².